The second-order valence-electron chi connectivity index (χ2n) is 3.44. The molecule has 0 radical (unpaired) electrons. The smallest absolute Gasteiger partial charge is 0.336 e. The molecule has 0 aliphatic carbocycles. The van der Waals surface area contributed by atoms with E-state index in [0.29, 0.717) is 11.3 Å². The summed E-state index contributed by atoms with van der Waals surface area (Å²) < 4.78 is 13.0. The number of aromatic carboxylic acids is 1. The third kappa shape index (κ3) is 3.04. The SMILES string of the molecule is O=C(O)c1cc(F)ccc1CSc1ccncn1. The van der Waals surface area contributed by atoms with Gasteiger partial charge < -0.3 is 5.11 Å². The summed E-state index contributed by atoms with van der Waals surface area (Å²) >= 11 is 1.37. The molecular formula is C12H9FN2O2S. The van der Waals surface area contributed by atoms with Gasteiger partial charge in [0.2, 0.25) is 0 Å². The molecule has 18 heavy (non-hydrogen) atoms. The van der Waals surface area contributed by atoms with Crippen molar-refractivity contribution in [3.8, 4) is 0 Å². The van der Waals surface area contributed by atoms with Gasteiger partial charge in [-0.15, -0.1) is 11.8 Å². The van der Waals surface area contributed by atoms with Crippen LogP contribution in [-0.4, -0.2) is 21.0 Å². The maximum Gasteiger partial charge on any atom is 0.336 e. The van der Waals surface area contributed by atoms with Crippen molar-refractivity contribution in [1.29, 1.82) is 0 Å². The largest absolute Gasteiger partial charge is 0.478 e. The van der Waals surface area contributed by atoms with Gasteiger partial charge in [0.05, 0.1) is 10.6 Å². The number of carboxylic acids is 1. The molecule has 1 N–H and O–H groups in total. The Labute approximate surface area is 107 Å². The van der Waals surface area contributed by atoms with Crippen LogP contribution in [0.4, 0.5) is 4.39 Å². The molecule has 0 fully saturated rings. The number of carbonyl (C=O) groups is 1. The first-order valence-corrected chi connectivity index (χ1v) is 6.06. The number of hydrogen-bond acceptors (Lipinski definition) is 4. The number of aromatic nitrogens is 2. The van der Waals surface area contributed by atoms with E-state index < -0.39 is 11.8 Å². The fourth-order valence-electron chi connectivity index (χ4n) is 1.39. The summed E-state index contributed by atoms with van der Waals surface area (Å²) in [5.74, 6) is -1.27. The highest BCUT2D eigenvalue weighted by molar-refractivity contribution is 7.98. The lowest BCUT2D eigenvalue weighted by atomic mass is 10.1. The minimum atomic E-state index is -1.13. The summed E-state index contributed by atoms with van der Waals surface area (Å²) in [4.78, 5) is 18.8. The average Bonchev–Trinajstić information content (AvgIpc) is 2.38. The van der Waals surface area contributed by atoms with Gasteiger partial charge in [-0.2, -0.15) is 0 Å². The molecule has 0 bridgehead atoms. The molecular weight excluding hydrogens is 255 g/mol. The first-order valence-electron chi connectivity index (χ1n) is 5.07. The van der Waals surface area contributed by atoms with Gasteiger partial charge in [0.15, 0.2) is 0 Å². The van der Waals surface area contributed by atoms with E-state index in [1.54, 1.807) is 12.3 Å². The van der Waals surface area contributed by atoms with Crippen molar-refractivity contribution >= 4 is 17.7 Å². The van der Waals surface area contributed by atoms with Gasteiger partial charge in [-0.1, -0.05) is 6.07 Å². The number of nitrogens with zero attached hydrogens (tertiary/aromatic N) is 2. The monoisotopic (exact) mass is 264 g/mol. The van der Waals surface area contributed by atoms with E-state index in [0.717, 1.165) is 11.1 Å². The van der Waals surface area contributed by atoms with Gasteiger partial charge >= 0.3 is 5.97 Å². The van der Waals surface area contributed by atoms with Gasteiger partial charge in [-0.05, 0) is 23.8 Å². The van der Waals surface area contributed by atoms with Gasteiger partial charge in [0.25, 0.3) is 0 Å². The molecule has 1 aromatic carbocycles. The summed E-state index contributed by atoms with van der Waals surface area (Å²) in [5, 5.41) is 9.73. The zero-order valence-corrected chi connectivity index (χ0v) is 10.0. The molecule has 0 aliphatic heterocycles. The lowest BCUT2D eigenvalue weighted by molar-refractivity contribution is 0.0695. The Kier molecular flexibility index (Phi) is 3.88. The van der Waals surface area contributed by atoms with Crippen molar-refractivity contribution in [2.75, 3.05) is 0 Å². The molecule has 6 heteroatoms. The van der Waals surface area contributed by atoms with Crippen LogP contribution >= 0.6 is 11.8 Å². The summed E-state index contributed by atoms with van der Waals surface area (Å²) in [6, 6.07) is 5.49. The molecule has 4 nitrogen and oxygen atoms in total. The maximum absolute atomic E-state index is 13.0. The second kappa shape index (κ2) is 5.59. The van der Waals surface area contributed by atoms with Crippen LogP contribution in [0.15, 0.2) is 41.8 Å². The average molecular weight is 264 g/mol. The van der Waals surface area contributed by atoms with Crippen LogP contribution < -0.4 is 0 Å². The number of halogens is 1. The zero-order valence-electron chi connectivity index (χ0n) is 9.21. The predicted octanol–water partition coefficient (Wildman–Crippen LogP) is 2.61. The number of hydrogen-bond donors (Lipinski definition) is 1. The lowest BCUT2D eigenvalue weighted by Gasteiger charge is -2.05. The Morgan fingerprint density at radius 2 is 2.22 bits per heavy atom. The molecule has 0 unspecified atom stereocenters. The summed E-state index contributed by atoms with van der Waals surface area (Å²) in [6.07, 6.45) is 3.03. The summed E-state index contributed by atoms with van der Waals surface area (Å²) in [7, 11) is 0. The van der Waals surface area contributed by atoms with Gasteiger partial charge in [0.1, 0.15) is 12.1 Å². The Balaban J connectivity index is 2.17. The van der Waals surface area contributed by atoms with Crippen LogP contribution in [0.1, 0.15) is 15.9 Å². The fourth-order valence-corrected chi connectivity index (χ4v) is 2.22. The van der Waals surface area contributed by atoms with Gasteiger partial charge in [-0.25, -0.2) is 19.2 Å². The standard InChI is InChI=1S/C12H9FN2O2S/c13-9-2-1-8(10(5-9)12(16)17)6-18-11-3-4-14-7-15-11/h1-5,7H,6H2,(H,16,17). The topological polar surface area (TPSA) is 63.1 Å². The molecule has 0 atom stereocenters. The minimum absolute atomic E-state index is 0.0171. The van der Waals surface area contributed by atoms with Crippen LogP contribution in [-0.2, 0) is 5.75 Å². The summed E-state index contributed by atoms with van der Waals surface area (Å²) in [5.41, 5.74) is 0.545. The Hall–Kier alpha value is -1.95. The first-order chi connectivity index (χ1) is 8.66. The van der Waals surface area contributed by atoms with Crippen molar-refractivity contribution in [3.05, 3.63) is 53.7 Å². The Morgan fingerprint density at radius 1 is 1.39 bits per heavy atom. The molecule has 92 valence electrons. The van der Waals surface area contributed by atoms with Crippen LogP contribution in [0.2, 0.25) is 0 Å². The van der Waals surface area contributed by atoms with E-state index in [4.69, 9.17) is 5.11 Å². The van der Waals surface area contributed by atoms with Crippen molar-refractivity contribution in [3.63, 3.8) is 0 Å². The van der Waals surface area contributed by atoms with Crippen LogP contribution in [0.25, 0.3) is 0 Å². The highest BCUT2D eigenvalue weighted by atomic mass is 32.2. The fraction of sp³-hybridized carbons (Fsp3) is 0.0833. The van der Waals surface area contributed by atoms with Crippen LogP contribution in [0.3, 0.4) is 0 Å². The van der Waals surface area contributed by atoms with E-state index in [1.807, 2.05) is 0 Å². The van der Waals surface area contributed by atoms with Crippen molar-refractivity contribution in [1.82, 2.24) is 9.97 Å². The van der Waals surface area contributed by atoms with Crippen LogP contribution in [0, 0.1) is 5.82 Å². The van der Waals surface area contributed by atoms with Crippen molar-refractivity contribution in [2.24, 2.45) is 0 Å². The summed E-state index contributed by atoms with van der Waals surface area (Å²) in [6.45, 7) is 0. The van der Waals surface area contributed by atoms with Crippen molar-refractivity contribution < 1.29 is 14.3 Å². The molecule has 1 heterocycles. The minimum Gasteiger partial charge on any atom is -0.478 e. The van der Waals surface area contributed by atoms with Crippen molar-refractivity contribution in [2.45, 2.75) is 10.8 Å². The maximum atomic E-state index is 13.0. The highest BCUT2D eigenvalue weighted by Gasteiger charge is 2.11. The van der Waals surface area contributed by atoms with Gasteiger partial charge in [0, 0.05) is 11.9 Å². The molecule has 0 amide bonds. The number of rotatable bonds is 4. The zero-order chi connectivity index (χ0) is 13.0. The van der Waals surface area contributed by atoms with E-state index >= 15 is 0 Å². The molecule has 2 aromatic rings. The molecule has 0 spiro atoms. The Bertz CT molecular complexity index is 563. The van der Waals surface area contributed by atoms with Crippen LogP contribution in [0.5, 0.6) is 0 Å². The van der Waals surface area contributed by atoms with E-state index in [-0.39, 0.29) is 5.56 Å². The quantitative estimate of drug-likeness (QED) is 0.679. The highest BCUT2D eigenvalue weighted by Crippen LogP contribution is 2.22. The normalized spacial score (nSPS) is 10.3. The third-order valence-corrected chi connectivity index (χ3v) is 3.23. The van der Waals surface area contributed by atoms with E-state index in [9.17, 15) is 9.18 Å². The number of carboxylic acid groups (broad SMARTS) is 1. The number of thioether (sulfide) groups is 1. The van der Waals surface area contributed by atoms with E-state index in [2.05, 4.69) is 9.97 Å². The predicted molar refractivity (Wildman–Crippen MR) is 65.0 cm³/mol. The molecule has 0 saturated carbocycles. The molecule has 1 aromatic heterocycles. The molecule has 0 aliphatic rings. The lowest BCUT2D eigenvalue weighted by Crippen LogP contribution is -2.02. The Morgan fingerprint density at radius 3 is 2.89 bits per heavy atom. The van der Waals surface area contributed by atoms with Gasteiger partial charge in [-0.3, -0.25) is 0 Å². The first kappa shape index (κ1) is 12.5. The third-order valence-electron chi connectivity index (χ3n) is 2.23. The van der Waals surface area contributed by atoms with E-state index in [1.165, 1.54) is 30.2 Å². The molecule has 0 saturated heterocycles. The number of benzene rings is 1. The molecule has 2 rings (SSSR count). The second-order valence-corrected chi connectivity index (χ2v) is 4.44.